The Balaban J connectivity index is 1.32. The zero-order valence-corrected chi connectivity index (χ0v) is 19.1. The molecule has 34 heavy (non-hydrogen) atoms. The van der Waals surface area contributed by atoms with E-state index < -0.39 is 0 Å². The highest BCUT2D eigenvalue weighted by atomic mass is 32.1. The summed E-state index contributed by atoms with van der Waals surface area (Å²) in [6, 6.07) is 21.5. The first-order valence-electron chi connectivity index (χ1n) is 10.8. The van der Waals surface area contributed by atoms with E-state index in [1.807, 2.05) is 73.7 Å². The first kappa shape index (κ1) is 20.4. The summed E-state index contributed by atoms with van der Waals surface area (Å²) >= 11 is 1.48. The number of H-pyrrole nitrogens is 1. The highest BCUT2D eigenvalue weighted by Gasteiger charge is 2.20. The van der Waals surface area contributed by atoms with Crippen LogP contribution < -0.4 is 14.8 Å². The van der Waals surface area contributed by atoms with Crippen LogP contribution in [-0.2, 0) is 6.54 Å². The number of hydrogen-bond donors (Lipinski definition) is 2. The summed E-state index contributed by atoms with van der Waals surface area (Å²) in [6.45, 7) is 2.42. The summed E-state index contributed by atoms with van der Waals surface area (Å²) < 4.78 is 12.1. The fourth-order valence-corrected chi connectivity index (χ4v) is 4.95. The van der Waals surface area contributed by atoms with E-state index in [0.717, 1.165) is 38.4 Å². The highest BCUT2D eigenvalue weighted by Crippen LogP contribution is 2.38. The van der Waals surface area contributed by atoms with Gasteiger partial charge in [0.15, 0.2) is 11.5 Å². The van der Waals surface area contributed by atoms with E-state index in [4.69, 9.17) is 14.5 Å². The number of aromatic nitrogens is 3. The fourth-order valence-electron chi connectivity index (χ4n) is 3.97. The molecule has 2 N–H and O–H groups in total. The summed E-state index contributed by atoms with van der Waals surface area (Å²) in [5.41, 5.74) is 4.09. The maximum atomic E-state index is 12.8. The summed E-state index contributed by atoms with van der Waals surface area (Å²) in [5, 5.41) is 4.05. The summed E-state index contributed by atoms with van der Waals surface area (Å²) in [4.78, 5) is 26.3. The van der Waals surface area contributed by atoms with E-state index in [0.29, 0.717) is 22.2 Å². The van der Waals surface area contributed by atoms with E-state index in [-0.39, 0.29) is 19.2 Å². The van der Waals surface area contributed by atoms with Gasteiger partial charge in [-0.3, -0.25) is 9.78 Å². The standard InChI is InChI=1S/C26H20N4O3S/c1-15-5-4-7-18(28-15)25-24(17-9-10-19-20(11-17)33-14-32-19)29-23(30-25)13-27-26(31)22-12-16-6-2-3-8-21(16)34-22/h2-12H,13-14H2,1H3,(H,27,31)(H,29,30). The molecule has 0 fully saturated rings. The average Bonchev–Trinajstić information content (AvgIpc) is 3.59. The molecule has 3 aromatic heterocycles. The van der Waals surface area contributed by atoms with Gasteiger partial charge in [0.25, 0.3) is 5.91 Å². The number of imidazole rings is 1. The van der Waals surface area contributed by atoms with Crippen molar-refractivity contribution in [1.82, 2.24) is 20.3 Å². The van der Waals surface area contributed by atoms with Gasteiger partial charge in [-0.05, 0) is 54.8 Å². The summed E-state index contributed by atoms with van der Waals surface area (Å²) in [7, 11) is 0. The number of rotatable bonds is 5. The number of fused-ring (bicyclic) bond motifs is 2. The van der Waals surface area contributed by atoms with Gasteiger partial charge in [-0.1, -0.05) is 24.3 Å². The number of ether oxygens (including phenoxy) is 2. The van der Waals surface area contributed by atoms with Crippen LogP contribution in [0.25, 0.3) is 32.7 Å². The zero-order chi connectivity index (χ0) is 23.1. The van der Waals surface area contributed by atoms with E-state index in [9.17, 15) is 4.79 Å². The number of amides is 1. The Morgan fingerprint density at radius 2 is 1.91 bits per heavy atom. The Kier molecular flexibility index (Phi) is 5.00. The molecule has 6 rings (SSSR count). The van der Waals surface area contributed by atoms with Gasteiger partial charge in [0, 0.05) is 16.0 Å². The van der Waals surface area contributed by atoms with Crippen LogP contribution in [0.1, 0.15) is 21.2 Å². The molecular weight excluding hydrogens is 448 g/mol. The Morgan fingerprint density at radius 1 is 1.03 bits per heavy atom. The highest BCUT2D eigenvalue weighted by molar-refractivity contribution is 7.20. The minimum absolute atomic E-state index is 0.127. The lowest BCUT2D eigenvalue weighted by Gasteiger charge is -2.04. The third-order valence-corrected chi connectivity index (χ3v) is 6.72. The lowest BCUT2D eigenvalue weighted by molar-refractivity contribution is 0.0954. The number of carbonyl (C=O) groups is 1. The molecule has 0 spiro atoms. The van der Waals surface area contributed by atoms with Crippen molar-refractivity contribution in [2.75, 3.05) is 6.79 Å². The number of hydrogen-bond acceptors (Lipinski definition) is 6. The Labute approximate surface area is 199 Å². The Bertz CT molecular complexity index is 1510. The second kappa shape index (κ2) is 8.31. The molecule has 4 heterocycles. The van der Waals surface area contributed by atoms with Crippen molar-refractivity contribution in [3.05, 3.63) is 83.1 Å². The van der Waals surface area contributed by atoms with Gasteiger partial charge >= 0.3 is 0 Å². The Morgan fingerprint density at radius 3 is 2.79 bits per heavy atom. The number of nitrogens with zero attached hydrogens (tertiary/aromatic N) is 2. The smallest absolute Gasteiger partial charge is 0.261 e. The number of pyridine rings is 1. The lowest BCUT2D eigenvalue weighted by atomic mass is 10.1. The maximum Gasteiger partial charge on any atom is 0.261 e. The van der Waals surface area contributed by atoms with E-state index >= 15 is 0 Å². The molecule has 5 aromatic rings. The predicted molar refractivity (Wildman–Crippen MR) is 131 cm³/mol. The second-order valence-electron chi connectivity index (χ2n) is 7.97. The van der Waals surface area contributed by atoms with Crippen molar-refractivity contribution < 1.29 is 14.3 Å². The first-order chi connectivity index (χ1) is 16.6. The first-order valence-corrected chi connectivity index (χ1v) is 11.7. The number of thiophene rings is 1. The normalized spacial score (nSPS) is 12.3. The van der Waals surface area contributed by atoms with Crippen molar-refractivity contribution in [3.63, 3.8) is 0 Å². The molecule has 8 heteroatoms. The van der Waals surface area contributed by atoms with Crippen molar-refractivity contribution in [3.8, 4) is 34.1 Å². The molecule has 0 aliphatic carbocycles. The van der Waals surface area contributed by atoms with Crippen LogP contribution in [0, 0.1) is 6.92 Å². The van der Waals surface area contributed by atoms with Crippen molar-refractivity contribution in [2.45, 2.75) is 13.5 Å². The van der Waals surface area contributed by atoms with E-state index in [1.54, 1.807) is 0 Å². The topological polar surface area (TPSA) is 89.1 Å². The number of benzene rings is 2. The van der Waals surface area contributed by atoms with Crippen LogP contribution in [0.5, 0.6) is 11.5 Å². The van der Waals surface area contributed by atoms with Crippen LogP contribution in [0.3, 0.4) is 0 Å². The monoisotopic (exact) mass is 468 g/mol. The van der Waals surface area contributed by atoms with Crippen molar-refractivity contribution in [1.29, 1.82) is 0 Å². The number of carbonyl (C=O) groups excluding carboxylic acids is 1. The zero-order valence-electron chi connectivity index (χ0n) is 18.3. The van der Waals surface area contributed by atoms with Gasteiger partial charge in [-0.25, -0.2) is 4.98 Å². The molecule has 7 nitrogen and oxygen atoms in total. The van der Waals surface area contributed by atoms with Gasteiger partial charge in [0.2, 0.25) is 6.79 Å². The largest absolute Gasteiger partial charge is 0.454 e. The van der Waals surface area contributed by atoms with Gasteiger partial charge in [0.05, 0.1) is 28.5 Å². The summed E-state index contributed by atoms with van der Waals surface area (Å²) in [5.74, 6) is 1.91. The van der Waals surface area contributed by atoms with Gasteiger partial charge in [-0.15, -0.1) is 11.3 Å². The molecule has 1 aliphatic rings. The SMILES string of the molecule is Cc1cccc(-c2[nH]c(CNC(=O)c3cc4ccccc4s3)nc2-c2ccc3c(c2)OCO3)n1. The van der Waals surface area contributed by atoms with Gasteiger partial charge < -0.3 is 19.8 Å². The molecule has 0 saturated carbocycles. The molecule has 1 amide bonds. The molecule has 0 atom stereocenters. The van der Waals surface area contributed by atoms with E-state index in [2.05, 4.69) is 15.3 Å². The van der Waals surface area contributed by atoms with Crippen LogP contribution in [0.4, 0.5) is 0 Å². The van der Waals surface area contributed by atoms with Crippen LogP contribution in [-0.4, -0.2) is 27.7 Å². The molecule has 1 aliphatic heterocycles. The minimum Gasteiger partial charge on any atom is -0.454 e. The predicted octanol–water partition coefficient (Wildman–Crippen LogP) is 5.32. The molecule has 2 aromatic carbocycles. The van der Waals surface area contributed by atoms with Crippen LogP contribution in [0.15, 0.2) is 66.7 Å². The minimum atomic E-state index is -0.127. The number of aryl methyl sites for hydroxylation is 1. The third kappa shape index (κ3) is 3.78. The number of nitrogens with one attached hydrogen (secondary N) is 2. The van der Waals surface area contributed by atoms with E-state index in [1.165, 1.54) is 11.3 Å². The molecule has 0 unspecified atom stereocenters. The van der Waals surface area contributed by atoms with Crippen LogP contribution in [0.2, 0.25) is 0 Å². The van der Waals surface area contributed by atoms with Gasteiger partial charge in [0.1, 0.15) is 5.82 Å². The lowest BCUT2D eigenvalue weighted by Crippen LogP contribution is -2.22. The molecule has 0 bridgehead atoms. The molecule has 168 valence electrons. The summed E-state index contributed by atoms with van der Waals surface area (Å²) in [6.07, 6.45) is 0. The van der Waals surface area contributed by atoms with Crippen molar-refractivity contribution in [2.24, 2.45) is 0 Å². The quantitative estimate of drug-likeness (QED) is 0.364. The average molecular weight is 469 g/mol. The Hall–Kier alpha value is -4.17. The second-order valence-corrected chi connectivity index (χ2v) is 9.05. The fraction of sp³-hybridized carbons (Fsp3) is 0.115. The number of aromatic amines is 1. The van der Waals surface area contributed by atoms with Crippen LogP contribution >= 0.6 is 11.3 Å². The molecule has 0 saturated heterocycles. The molecule has 0 radical (unpaired) electrons. The van der Waals surface area contributed by atoms with Crippen molar-refractivity contribution >= 4 is 27.3 Å². The molecular formula is C26H20N4O3S. The maximum absolute atomic E-state index is 12.8. The van der Waals surface area contributed by atoms with Gasteiger partial charge in [-0.2, -0.15) is 0 Å². The third-order valence-electron chi connectivity index (χ3n) is 5.61.